The number of urea groups is 1. The molecule has 0 radical (unpaired) electrons. The summed E-state index contributed by atoms with van der Waals surface area (Å²) in [4.78, 5) is 15.4. The number of hydrogen-bond donors (Lipinski definition) is 0. The molecule has 0 aliphatic rings. The molecule has 94 valence electrons. The molecule has 0 heterocycles. The maximum atomic E-state index is 12.0. The molecule has 0 saturated heterocycles. The minimum atomic E-state index is 0.00944. The summed E-state index contributed by atoms with van der Waals surface area (Å²) in [5.74, 6) is 0. The van der Waals surface area contributed by atoms with Gasteiger partial charge in [-0.25, -0.2) is 4.79 Å². The van der Waals surface area contributed by atoms with E-state index in [0.29, 0.717) is 11.6 Å². The Morgan fingerprint density at radius 1 is 1.41 bits per heavy atom. The molecule has 1 unspecified atom stereocenters. The monoisotopic (exact) mass is 254 g/mol. The molecule has 2 amide bonds. The summed E-state index contributed by atoms with van der Waals surface area (Å²) >= 11 is 5.95. The second-order valence-corrected chi connectivity index (χ2v) is 4.58. The second-order valence-electron chi connectivity index (χ2n) is 4.14. The zero-order valence-electron chi connectivity index (χ0n) is 10.8. The summed E-state index contributed by atoms with van der Waals surface area (Å²) in [6.45, 7) is 4.65. The van der Waals surface area contributed by atoms with E-state index in [1.165, 1.54) is 0 Å². The summed E-state index contributed by atoms with van der Waals surface area (Å²) in [5, 5.41) is 0.694. The van der Waals surface area contributed by atoms with Crippen molar-refractivity contribution in [3.05, 3.63) is 34.9 Å². The predicted molar refractivity (Wildman–Crippen MR) is 71.3 cm³/mol. The first-order valence-corrected chi connectivity index (χ1v) is 6.08. The van der Waals surface area contributed by atoms with E-state index in [-0.39, 0.29) is 12.1 Å². The van der Waals surface area contributed by atoms with Gasteiger partial charge in [0.15, 0.2) is 0 Å². The largest absolute Gasteiger partial charge is 0.328 e. The van der Waals surface area contributed by atoms with Crippen LogP contribution >= 0.6 is 11.6 Å². The van der Waals surface area contributed by atoms with Gasteiger partial charge in [0.1, 0.15) is 0 Å². The van der Waals surface area contributed by atoms with Crippen molar-refractivity contribution < 1.29 is 4.79 Å². The molecule has 0 fully saturated rings. The van der Waals surface area contributed by atoms with E-state index in [1.54, 1.807) is 23.9 Å². The average molecular weight is 255 g/mol. The van der Waals surface area contributed by atoms with Gasteiger partial charge in [-0.05, 0) is 31.5 Å². The Labute approximate surface area is 108 Å². The van der Waals surface area contributed by atoms with Crippen molar-refractivity contribution in [2.45, 2.75) is 19.9 Å². The zero-order valence-corrected chi connectivity index (χ0v) is 11.5. The van der Waals surface area contributed by atoms with E-state index in [0.717, 1.165) is 5.56 Å². The Bertz CT molecular complexity index is 395. The van der Waals surface area contributed by atoms with Gasteiger partial charge in [-0.1, -0.05) is 23.7 Å². The van der Waals surface area contributed by atoms with Gasteiger partial charge in [0.05, 0.1) is 6.04 Å². The van der Waals surface area contributed by atoms with Crippen LogP contribution in [0.15, 0.2) is 24.3 Å². The normalized spacial score (nSPS) is 12.1. The molecule has 0 saturated carbocycles. The molecule has 1 aromatic carbocycles. The molecule has 1 atom stereocenters. The third-order valence-corrected chi connectivity index (χ3v) is 3.25. The van der Waals surface area contributed by atoms with Crippen LogP contribution in [0.5, 0.6) is 0 Å². The predicted octanol–water partition coefficient (Wildman–Crippen LogP) is 3.40. The van der Waals surface area contributed by atoms with Gasteiger partial charge in [0.25, 0.3) is 0 Å². The van der Waals surface area contributed by atoms with Crippen molar-refractivity contribution in [2.75, 3.05) is 20.6 Å². The molecular weight excluding hydrogens is 236 g/mol. The first-order valence-electron chi connectivity index (χ1n) is 5.70. The average Bonchev–Trinajstić information content (AvgIpc) is 2.35. The number of carbonyl (C=O) groups excluding carboxylic acids is 1. The third-order valence-electron chi connectivity index (χ3n) is 3.01. The van der Waals surface area contributed by atoms with E-state index in [4.69, 9.17) is 11.6 Å². The Morgan fingerprint density at radius 3 is 2.59 bits per heavy atom. The number of nitrogens with zero attached hydrogens (tertiary/aromatic N) is 2. The second kappa shape index (κ2) is 5.92. The van der Waals surface area contributed by atoms with Crippen LogP contribution < -0.4 is 0 Å². The molecule has 0 aliphatic heterocycles. The Balaban J connectivity index is 2.82. The summed E-state index contributed by atoms with van der Waals surface area (Å²) in [6.07, 6.45) is 0. The minimum absolute atomic E-state index is 0.00944. The van der Waals surface area contributed by atoms with Crippen LogP contribution in [-0.2, 0) is 0 Å². The fraction of sp³-hybridized carbons (Fsp3) is 0.462. The summed E-state index contributed by atoms with van der Waals surface area (Å²) in [5.41, 5.74) is 1.04. The highest BCUT2D eigenvalue weighted by Crippen LogP contribution is 2.22. The molecule has 1 aromatic rings. The van der Waals surface area contributed by atoms with Crippen LogP contribution in [0.1, 0.15) is 25.5 Å². The summed E-state index contributed by atoms with van der Waals surface area (Å²) in [6, 6.07) is 7.62. The van der Waals surface area contributed by atoms with Crippen LogP contribution in [0.4, 0.5) is 4.79 Å². The third kappa shape index (κ3) is 3.37. The van der Waals surface area contributed by atoms with E-state index >= 15 is 0 Å². The van der Waals surface area contributed by atoms with Crippen LogP contribution in [-0.4, -0.2) is 36.5 Å². The van der Waals surface area contributed by atoms with E-state index in [1.807, 2.05) is 38.1 Å². The molecule has 3 nitrogen and oxygen atoms in total. The lowest BCUT2D eigenvalue weighted by atomic mass is 10.1. The molecule has 0 N–H and O–H groups in total. The quantitative estimate of drug-likeness (QED) is 0.811. The molecule has 0 aromatic heterocycles. The maximum absolute atomic E-state index is 12.0. The number of carbonyl (C=O) groups is 1. The molecule has 4 heteroatoms. The topological polar surface area (TPSA) is 23.6 Å². The summed E-state index contributed by atoms with van der Waals surface area (Å²) in [7, 11) is 3.60. The highest BCUT2D eigenvalue weighted by molar-refractivity contribution is 6.30. The first-order chi connectivity index (χ1) is 7.97. The Morgan fingerprint density at radius 2 is 2.06 bits per heavy atom. The van der Waals surface area contributed by atoms with Gasteiger partial charge in [0.2, 0.25) is 0 Å². The van der Waals surface area contributed by atoms with Crippen molar-refractivity contribution in [1.82, 2.24) is 9.80 Å². The van der Waals surface area contributed by atoms with Crippen molar-refractivity contribution in [1.29, 1.82) is 0 Å². The lowest BCUT2D eigenvalue weighted by Gasteiger charge is -2.29. The fourth-order valence-corrected chi connectivity index (χ4v) is 1.76. The smallest absolute Gasteiger partial charge is 0.319 e. The SMILES string of the molecule is CCN(C)C(=O)N(C)C(C)c1cccc(Cl)c1. The van der Waals surface area contributed by atoms with Crippen LogP contribution in [0.2, 0.25) is 5.02 Å². The van der Waals surface area contributed by atoms with Crippen molar-refractivity contribution in [3.8, 4) is 0 Å². The van der Waals surface area contributed by atoms with E-state index < -0.39 is 0 Å². The standard InChI is InChI=1S/C13H19ClN2O/c1-5-15(3)13(17)16(4)10(2)11-7-6-8-12(14)9-11/h6-10H,5H2,1-4H3. The van der Waals surface area contributed by atoms with Gasteiger partial charge in [-0.15, -0.1) is 0 Å². The summed E-state index contributed by atoms with van der Waals surface area (Å²) < 4.78 is 0. The zero-order chi connectivity index (χ0) is 13.0. The molecule has 0 aliphatic carbocycles. The van der Waals surface area contributed by atoms with Gasteiger partial charge in [-0.3, -0.25) is 0 Å². The lowest BCUT2D eigenvalue weighted by Crippen LogP contribution is -2.39. The Kier molecular flexibility index (Phi) is 4.82. The Hall–Kier alpha value is -1.22. The van der Waals surface area contributed by atoms with Crippen molar-refractivity contribution >= 4 is 17.6 Å². The van der Waals surface area contributed by atoms with E-state index in [9.17, 15) is 4.79 Å². The van der Waals surface area contributed by atoms with Crippen LogP contribution in [0.25, 0.3) is 0 Å². The van der Waals surface area contributed by atoms with Crippen LogP contribution in [0, 0.1) is 0 Å². The van der Waals surface area contributed by atoms with Gasteiger partial charge in [-0.2, -0.15) is 0 Å². The highest BCUT2D eigenvalue weighted by Gasteiger charge is 2.19. The number of amides is 2. The number of benzene rings is 1. The van der Waals surface area contributed by atoms with Gasteiger partial charge < -0.3 is 9.80 Å². The number of rotatable bonds is 3. The molecular formula is C13H19ClN2O. The highest BCUT2D eigenvalue weighted by atomic mass is 35.5. The van der Waals surface area contributed by atoms with Crippen molar-refractivity contribution in [3.63, 3.8) is 0 Å². The van der Waals surface area contributed by atoms with E-state index in [2.05, 4.69) is 0 Å². The molecule has 17 heavy (non-hydrogen) atoms. The van der Waals surface area contributed by atoms with Crippen molar-refractivity contribution in [2.24, 2.45) is 0 Å². The first kappa shape index (κ1) is 13.8. The lowest BCUT2D eigenvalue weighted by molar-refractivity contribution is 0.161. The van der Waals surface area contributed by atoms with Gasteiger partial charge >= 0.3 is 6.03 Å². The fourth-order valence-electron chi connectivity index (χ4n) is 1.56. The maximum Gasteiger partial charge on any atom is 0.319 e. The number of hydrogen-bond acceptors (Lipinski definition) is 1. The molecule has 0 bridgehead atoms. The van der Waals surface area contributed by atoms with Crippen LogP contribution in [0.3, 0.4) is 0 Å². The van der Waals surface area contributed by atoms with Gasteiger partial charge in [0, 0.05) is 25.7 Å². The molecule has 0 spiro atoms. The number of halogens is 1. The molecule has 1 rings (SSSR count). The minimum Gasteiger partial charge on any atom is -0.328 e.